The molecule has 146 valence electrons. The smallest absolute Gasteiger partial charge is 0.291 e. The highest BCUT2D eigenvalue weighted by atomic mass is 16.5. The van der Waals surface area contributed by atoms with Gasteiger partial charge in [0.15, 0.2) is 0 Å². The lowest BCUT2D eigenvalue weighted by Gasteiger charge is -2.11. The van der Waals surface area contributed by atoms with Gasteiger partial charge in [-0.25, -0.2) is 9.67 Å². The van der Waals surface area contributed by atoms with Gasteiger partial charge in [-0.1, -0.05) is 30.3 Å². The van der Waals surface area contributed by atoms with E-state index in [1.165, 1.54) is 11.0 Å². The van der Waals surface area contributed by atoms with E-state index in [1.54, 1.807) is 38.5 Å². The molecular weight excluding hydrogens is 360 g/mol. The molecule has 0 radical (unpaired) electrons. The molecule has 1 heterocycles. The van der Waals surface area contributed by atoms with E-state index < -0.39 is 12.0 Å². The summed E-state index contributed by atoms with van der Waals surface area (Å²) in [7, 11) is 3.17. The zero-order chi connectivity index (χ0) is 19.9. The molecule has 0 spiro atoms. The Morgan fingerprint density at radius 1 is 1.14 bits per heavy atom. The van der Waals surface area contributed by atoms with Crippen LogP contribution >= 0.6 is 0 Å². The van der Waals surface area contributed by atoms with E-state index in [0.717, 1.165) is 11.1 Å². The molecule has 8 heteroatoms. The van der Waals surface area contributed by atoms with Gasteiger partial charge in [-0.15, -0.1) is 5.10 Å². The highest BCUT2D eigenvalue weighted by molar-refractivity contribution is 5.90. The molecule has 0 aliphatic carbocycles. The highest BCUT2D eigenvalue weighted by Gasteiger charge is 2.15. The summed E-state index contributed by atoms with van der Waals surface area (Å²) in [5, 5.41) is 17.3. The molecule has 0 bridgehead atoms. The molecule has 0 fully saturated rings. The molecule has 2 aromatic carbocycles. The number of hydrogen-bond acceptors (Lipinski definition) is 6. The average Bonchev–Trinajstić information content (AvgIpc) is 3.20. The number of nitrogens with zero attached hydrogens (tertiary/aromatic N) is 3. The Morgan fingerprint density at radius 3 is 2.61 bits per heavy atom. The predicted octanol–water partition coefficient (Wildman–Crippen LogP) is 1.96. The van der Waals surface area contributed by atoms with Crippen molar-refractivity contribution in [2.24, 2.45) is 0 Å². The summed E-state index contributed by atoms with van der Waals surface area (Å²) in [5.74, 6) is 1.05. The van der Waals surface area contributed by atoms with Crippen LogP contribution in [0.2, 0.25) is 0 Å². The van der Waals surface area contributed by atoms with E-state index in [9.17, 15) is 9.90 Å². The van der Waals surface area contributed by atoms with E-state index in [-0.39, 0.29) is 12.4 Å². The SMILES string of the molecule is COc1ccc([C@H](O)Cn2cnc(C(=O)NCc3ccccc3OC)n2)cc1. The monoisotopic (exact) mass is 382 g/mol. The molecule has 0 unspecified atom stereocenters. The second-order valence-corrected chi connectivity index (χ2v) is 6.07. The number of benzene rings is 2. The molecule has 28 heavy (non-hydrogen) atoms. The number of rotatable bonds is 8. The summed E-state index contributed by atoms with van der Waals surface area (Å²) in [6.45, 7) is 0.477. The molecule has 3 rings (SSSR count). The normalized spacial score (nSPS) is 11.7. The Labute approximate surface area is 162 Å². The minimum atomic E-state index is -0.780. The number of hydrogen-bond donors (Lipinski definition) is 2. The summed E-state index contributed by atoms with van der Waals surface area (Å²) < 4.78 is 11.8. The van der Waals surface area contributed by atoms with Crippen molar-refractivity contribution in [1.29, 1.82) is 0 Å². The maximum absolute atomic E-state index is 12.3. The number of aliphatic hydroxyl groups is 1. The van der Waals surface area contributed by atoms with Crippen molar-refractivity contribution in [3.8, 4) is 11.5 Å². The van der Waals surface area contributed by atoms with Crippen molar-refractivity contribution in [3.63, 3.8) is 0 Å². The molecule has 0 aliphatic rings. The van der Waals surface area contributed by atoms with Crippen LogP contribution in [0.3, 0.4) is 0 Å². The number of ether oxygens (including phenoxy) is 2. The lowest BCUT2D eigenvalue weighted by molar-refractivity contribution is 0.0938. The van der Waals surface area contributed by atoms with E-state index in [4.69, 9.17) is 9.47 Å². The summed E-state index contributed by atoms with van der Waals surface area (Å²) in [6.07, 6.45) is 0.641. The van der Waals surface area contributed by atoms with Crippen molar-refractivity contribution in [1.82, 2.24) is 20.1 Å². The number of nitrogens with one attached hydrogen (secondary N) is 1. The van der Waals surface area contributed by atoms with Crippen LogP contribution in [0.5, 0.6) is 11.5 Å². The van der Waals surface area contributed by atoms with Crippen LogP contribution in [-0.2, 0) is 13.1 Å². The third kappa shape index (κ3) is 4.66. The van der Waals surface area contributed by atoms with E-state index in [1.807, 2.05) is 24.3 Å². The number of carbonyl (C=O) groups excluding carboxylic acids is 1. The maximum atomic E-state index is 12.3. The Bertz CT molecular complexity index is 924. The maximum Gasteiger partial charge on any atom is 0.291 e. The van der Waals surface area contributed by atoms with Gasteiger partial charge in [-0.2, -0.15) is 0 Å². The van der Waals surface area contributed by atoms with Gasteiger partial charge < -0.3 is 19.9 Å². The second-order valence-electron chi connectivity index (χ2n) is 6.07. The standard InChI is InChI=1S/C20H22N4O4/c1-27-16-9-7-14(8-10-16)17(25)12-24-13-22-19(23-24)20(26)21-11-15-5-3-4-6-18(15)28-2/h3-10,13,17,25H,11-12H2,1-2H3,(H,21,26)/t17-/m1/s1. The number of aliphatic hydroxyl groups excluding tert-OH is 1. The number of aromatic nitrogens is 3. The van der Waals surface area contributed by atoms with E-state index in [0.29, 0.717) is 18.0 Å². The molecule has 0 saturated carbocycles. The first-order valence-corrected chi connectivity index (χ1v) is 8.72. The number of amides is 1. The fraction of sp³-hybridized carbons (Fsp3) is 0.250. The van der Waals surface area contributed by atoms with Gasteiger partial charge in [0, 0.05) is 12.1 Å². The van der Waals surface area contributed by atoms with Gasteiger partial charge in [0.05, 0.1) is 26.9 Å². The number of methoxy groups -OCH3 is 2. The third-order valence-electron chi connectivity index (χ3n) is 4.23. The zero-order valence-corrected chi connectivity index (χ0v) is 15.7. The van der Waals surface area contributed by atoms with Crippen LogP contribution in [-0.4, -0.2) is 40.0 Å². The van der Waals surface area contributed by atoms with Crippen molar-refractivity contribution < 1.29 is 19.4 Å². The molecular formula is C20H22N4O4. The molecule has 1 aromatic heterocycles. The first-order valence-electron chi connectivity index (χ1n) is 8.72. The lowest BCUT2D eigenvalue weighted by Crippen LogP contribution is -2.24. The summed E-state index contributed by atoms with van der Waals surface area (Å²) in [4.78, 5) is 16.3. The van der Waals surface area contributed by atoms with Crippen LogP contribution < -0.4 is 14.8 Å². The molecule has 1 amide bonds. The fourth-order valence-corrected chi connectivity index (χ4v) is 2.70. The van der Waals surface area contributed by atoms with E-state index in [2.05, 4.69) is 15.4 Å². The topological polar surface area (TPSA) is 98.5 Å². The Kier molecular flexibility index (Phi) is 6.23. The fourth-order valence-electron chi connectivity index (χ4n) is 2.70. The van der Waals surface area contributed by atoms with Gasteiger partial charge in [0.25, 0.3) is 5.91 Å². The summed E-state index contributed by atoms with van der Waals surface area (Å²) >= 11 is 0. The Hall–Kier alpha value is -3.39. The van der Waals surface area contributed by atoms with Crippen LogP contribution in [0.15, 0.2) is 54.9 Å². The first kappa shape index (κ1) is 19.4. The van der Waals surface area contributed by atoms with Crippen molar-refractivity contribution in [2.45, 2.75) is 19.2 Å². The van der Waals surface area contributed by atoms with Crippen LogP contribution in [0.4, 0.5) is 0 Å². The van der Waals surface area contributed by atoms with E-state index >= 15 is 0 Å². The number of carbonyl (C=O) groups is 1. The average molecular weight is 382 g/mol. The summed E-state index contributed by atoms with van der Waals surface area (Å²) in [5.41, 5.74) is 1.58. The van der Waals surface area contributed by atoms with Gasteiger partial charge in [-0.05, 0) is 23.8 Å². The van der Waals surface area contributed by atoms with Crippen LogP contribution in [0.1, 0.15) is 27.8 Å². The molecule has 1 atom stereocenters. The molecule has 0 aliphatic heterocycles. The predicted molar refractivity (Wildman–Crippen MR) is 102 cm³/mol. The quantitative estimate of drug-likeness (QED) is 0.618. The van der Waals surface area contributed by atoms with Crippen molar-refractivity contribution >= 4 is 5.91 Å². The van der Waals surface area contributed by atoms with Gasteiger partial charge >= 0.3 is 0 Å². The Morgan fingerprint density at radius 2 is 1.89 bits per heavy atom. The lowest BCUT2D eigenvalue weighted by atomic mass is 10.1. The van der Waals surface area contributed by atoms with Crippen LogP contribution in [0, 0.1) is 0 Å². The Balaban J connectivity index is 1.58. The summed E-state index contributed by atoms with van der Waals surface area (Å²) in [6, 6.07) is 14.5. The van der Waals surface area contributed by atoms with Crippen molar-refractivity contribution in [2.75, 3.05) is 14.2 Å². The molecule has 8 nitrogen and oxygen atoms in total. The molecule has 3 aromatic rings. The van der Waals surface area contributed by atoms with Gasteiger partial charge in [-0.3, -0.25) is 4.79 Å². The minimum absolute atomic E-state index is 0.0387. The van der Waals surface area contributed by atoms with Gasteiger partial charge in [0.1, 0.15) is 17.8 Å². The highest BCUT2D eigenvalue weighted by Crippen LogP contribution is 2.19. The first-order chi connectivity index (χ1) is 13.6. The third-order valence-corrected chi connectivity index (χ3v) is 4.23. The van der Waals surface area contributed by atoms with Crippen LogP contribution in [0.25, 0.3) is 0 Å². The molecule has 0 saturated heterocycles. The number of para-hydroxylation sites is 1. The zero-order valence-electron chi connectivity index (χ0n) is 15.7. The van der Waals surface area contributed by atoms with Gasteiger partial charge in [0.2, 0.25) is 5.82 Å². The molecule has 2 N–H and O–H groups in total. The minimum Gasteiger partial charge on any atom is -0.497 e. The largest absolute Gasteiger partial charge is 0.497 e. The second kappa shape index (κ2) is 9.01. The van der Waals surface area contributed by atoms with Crippen molar-refractivity contribution in [3.05, 3.63) is 71.8 Å².